The Morgan fingerprint density at radius 1 is 1.02 bits per heavy atom. The van der Waals surface area contributed by atoms with Gasteiger partial charge >= 0.3 is 0 Å². The van der Waals surface area contributed by atoms with Crippen molar-refractivity contribution in [2.75, 3.05) is 43.4 Å². The van der Waals surface area contributed by atoms with Crippen LogP contribution in [0.4, 0.5) is 11.4 Å². The number of unbranched alkanes of at least 4 members (excludes halogenated alkanes) is 1. The molecule has 2 aromatic heterocycles. The maximum absolute atomic E-state index is 12.4. The first-order valence-electron chi connectivity index (χ1n) is 14.9. The Morgan fingerprint density at radius 3 is 2.70 bits per heavy atom. The van der Waals surface area contributed by atoms with E-state index >= 15 is 0 Å². The second kappa shape index (κ2) is 13.5. The molecule has 2 aromatic carbocycles. The summed E-state index contributed by atoms with van der Waals surface area (Å²) in [4.78, 5) is 21.7. The van der Waals surface area contributed by atoms with E-state index in [1.165, 1.54) is 5.69 Å². The van der Waals surface area contributed by atoms with Gasteiger partial charge in [-0.25, -0.2) is 0 Å². The number of carbonyl (C=O) groups is 1. The Balaban J connectivity index is 0.893. The Morgan fingerprint density at radius 2 is 1.88 bits per heavy atom. The normalized spacial score (nSPS) is 15.4. The molecule has 6 rings (SSSR count). The first-order valence-corrected chi connectivity index (χ1v) is 14.9. The van der Waals surface area contributed by atoms with Crippen molar-refractivity contribution in [3.8, 4) is 5.75 Å². The fraction of sp³-hybridized carbons (Fsp3) is 0.294. The number of carbonyl (C=O) groups excluding carboxylic acids is 1. The standard InChI is InChI=1S/C34H37N7O2/c35-28-10-13-31-32(23-28)36-16-15-33(31)40-20-18-39(19-21-40)24-29-25-41(38-37-29)17-3-4-22-43-30-11-8-27(9-12-30)34(42)14-7-26-5-1-2-6-26/h1,5-16,23,25H,2-4,17-22,24,35H2/b14-7+. The lowest BCUT2D eigenvalue weighted by Crippen LogP contribution is -2.46. The first kappa shape index (κ1) is 28.4. The van der Waals surface area contributed by atoms with Gasteiger partial charge in [-0.15, -0.1) is 5.10 Å². The van der Waals surface area contributed by atoms with Crippen molar-refractivity contribution in [1.82, 2.24) is 24.9 Å². The first-order chi connectivity index (χ1) is 21.1. The summed E-state index contributed by atoms with van der Waals surface area (Å²) in [7, 11) is 0. The number of nitrogens with zero attached hydrogens (tertiary/aromatic N) is 6. The third-order valence-corrected chi connectivity index (χ3v) is 7.84. The van der Waals surface area contributed by atoms with Gasteiger partial charge in [-0.3, -0.25) is 19.4 Å². The van der Waals surface area contributed by atoms with Crippen molar-refractivity contribution >= 4 is 28.1 Å². The highest BCUT2D eigenvalue weighted by Crippen LogP contribution is 2.27. The predicted octanol–water partition coefficient (Wildman–Crippen LogP) is 5.22. The van der Waals surface area contributed by atoms with Gasteiger partial charge in [0.15, 0.2) is 5.78 Å². The summed E-state index contributed by atoms with van der Waals surface area (Å²) in [5, 5.41) is 9.88. The lowest BCUT2D eigenvalue weighted by molar-refractivity contribution is 0.104. The Hall–Kier alpha value is -4.76. The Kier molecular flexibility index (Phi) is 8.89. The number of fused-ring (bicyclic) bond motifs is 1. The Labute approximate surface area is 252 Å². The molecule has 43 heavy (non-hydrogen) atoms. The molecule has 0 atom stereocenters. The summed E-state index contributed by atoms with van der Waals surface area (Å²) in [6, 6.07) is 15.4. The van der Waals surface area contributed by atoms with Crippen molar-refractivity contribution in [2.24, 2.45) is 0 Å². The quantitative estimate of drug-likeness (QED) is 0.106. The molecule has 4 aromatic rings. The molecule has 9 nitrogen and oxygen atoms in total. The van der Waals surface area contributed by atoms with Gasteiger partial charge in [0, 0.05) is 74.0 Å². The van der Waals surface area contributed by atoms with Gasteiger partial charge in [0.1, 0.15) is 5.75 Å². The average molecular weight is 576 g/mol. The van der Waals surface area contributed by atoms with Crippen LogP contribution in [0, 0.1) is 0 Å². The molecule has 0 spiro atoms. The number of rotatable bonds is 12. The van der Waals surface area contributed by atoms with Crippen LogP contribution in [0.25, 0.3) is 10.9 Å². The Bertz CT molecular complexity index is 1650. The molecule has 0 bridgehead atoms. The smallest absolute Gasteiger partial charge is 0.185 e. The molecule has 1 aliphatic carbocycles. The highest BCUT2D eigenvalue weighted by atomic mass is 16.5. The number of anilines is 2. The summed E-state index contributed by atoms with van der Waals surface area (Å²) >= 11 is 0. The molecular weight excluding hydrogens is 538 g/mol. The molecule has 0 saturated carbocycles. The maximum Gasteiger partial charge on any atom is 0.185 e. The molecule has 2 N–H and O–H groups in total. The number of hydrogen-bond acceptors (Lipinski definition) is 8. The third-order valence-electron chi connectivity index (χ3n) is 7.84. The highest BCUT2D eigenvalue weighted by Gasteiger charge is 2.20. The van der Waals surface area contributed by atoms with Gasteiger partial charge in [0.05, 0.1) is 17.8 Å². The largest absolute Gasteiger partial charge is 0.494 e. The molecule has 0 amide bonds. The molecule has 0 unspecified atom stereocenters. The number of ether oxygens (including phenoxy) is 1. The van der Waals surface area contributed by atoms with Crippen molar-refractivity contribution in [3.63, 3.8) is 0 Å². The van der Waals surface area contributed by atoms with E-state index < -0.39 is 0 Å². The van der Waals surface area contributed by atoms with E-state index in [0.29, 0.717) is 12.2 Å². The number of aryl methyl sites for hydroxylation is 1. The van der Waals surface area contributed by atoms with Crippen LogP contribution in [-0.4, -0.2) is 63.4 Å². The second-order valence-electron chi connectivity index (χ2n) is 11.0. The van der Waals surface area contributed by atoms with Gasteiger partial charge in [-0.1, -0.05) is 29.5 Å². The van der Waals surface area contributed by atoms with Gasteiger partial charge in [-0.05, 0) is 79.4 Å². The zero-order chi connectivity index (χ0) is 29.4. The van der Waals surface area contributed by atoms with E-state index in [1.54, 1.807) is 6.08 Å². The predicted molar refractivity (Wildman–Crippen MR) is 170 cm³/mol. The van der Waals surface area contributed by atoms with Gasteiger partial charge < -0.3 is 15.4 Å². The molecule has 1 saturated heterocycles. The summed E-state index contributed by atoms with van der Waals surface area (Å²) < 4.78 is 7.80. The van der Waals surface area contributed by atoms with Crippen LogP contribution in [0.1, 0.15) is 35.3 Å². The van der Waals surface area contributed by atoms with E-state index in [1.807, 2.05) is 59.4 Å². The SMILES string of the molecule is Nc1ccc2c(N3CCN(Cc4cn(CCCCOc5ccc(C(=O)/C=C/C6=CCC=C6)cc5)nn4)CC3)ccnc2c1. The monoisotopic (exact) mass is 575 g/mol. The molecule has 220 valence electrons. The van der Waals surface area contributed by atoms with E-state index in [4.69, 9.17) is 10.5 Å². The number of ketones is 1. The highest BCUT2D eigenvalue weighted by molar-refractivity contribution is 6.04. The molecular formula is C34H37N7O2. The molecule has 1 aliphatic heterocycles. The van der Waals surface area contributed by atoms with Crippen LogP contribution in [0.2, 0.25) is 0 Å². The number of benzene rings is 2. The zero-order valence-corrected chi connectivity index (χ0v) is 24.3. The van der Waals surface area contributed by atoms with Gasteiger partial charge in [-0.2, -0.15) is 0 Å². The lowest BCUT2D eigenvalue weighted by Gasteiger charge is -2.36. The summed E-state index contributed by atoms with van der Waals surface area (Å²) in [6.07, 6.45) is 16.4. The van der Waals surface area contributed by atoms with Crippen molar-refractivity contribution < 1.29 is 9.53 Å². The number of allylic oxidation sites excluding steroid dienone is 6. The van der Waals surface area contributed by atoms with Crippen molar-refractivity contribution in [3.05, 3.63) is 108 Å². The minimum absolute atomic E-state index is 0.00722. The number of hydrogen-bond donors (Lipinski definition) is 1. The number of piperazine rings is 1. The summed E-state index contributed by atoms with van der Waals surface area (Å²) in [5.41, 5.74) is 11.6. The number of nitrogens with two attached hydrogens (primary N) is 1. The molecule has 9 heteroatoms. The molecule has 3 heterocycles. The number of aromatic nitrogens is 4. The van der Waals surface area contributed by atoms with Crippen LogP contribution in [0.3, 0.4) is 0 Å². The minimum Gasteiger partial charge on any atom is -0.494 e. The fourth-order valence-electron chi connectivity index (χ4n) is 5.47. The molecule has 0 radical (unpaired) electrons. The van der Waals surface area contributed by atoms with E-state index in [9.17, 15) is 4.79 Å². The van der Waals surface area contributed by atoms with Gasteiger partial charge in [0.2, 0.25) is 0 Å². The zero-order valence-electron chi connectivity index (χ0n) is 24.3. The lowest BCUT2D eigenvalue weighted by atomic mass is 10.1. The van der Waals surface area contributed by atoms with E-state index in [-0.39, 0.29) is 5.78 Å². The second-order valence-corrected chi connectivity index (χ2v) is 11.0. The van der Waals surface area contributed by atoms with E-state index in [0.717, 1.165) is 92.1 Å². The average Bonchev–Trinajstić information content (AvgIpc) is 3.72. The fourth-order valence-corrected chi connectivity index (χ4v) is 5.47. The molecule has 2 aliphatic rings. The van der Waals surface area contributed by atoms with Crippen LogP contribution in [0.15, 0.2) is 96.9 Å². The summed E-state index contributed by atoms with van der Waals surface area (Å²) in [5.74, 6) is 0.763. The van der Waals surface area contributed by atoms with Crippen LogP contribution >= 0.6 is 0 Å². The molecule has 1 fully saturated rings. The topological polar surface area (TPSA) is 102 Å². The third kappa shape index (κ3) is 7.37. The van der Waals surface area contributed by atoms with Crippen LogP contribution in [0.5, 0.6) is 5.75 Å². The van der Waals surface area contributed by atoms with Crippen molar-refractivity contribution in [2.45, 2.75) is 32.4 Å². The minimum atomic E-state index is -0.00722. The van der Waals surface area contributed by atoms with Crippen molar-refractivity contribution in [1.29, 1.82) is 0 Å². The number of nitrogen functional groups attached to an aromatic ring is 1. The number of pyridine rings is 1. The summed E-state index contributed by atoms with van der Waals surface area (Å²) in [6.45, 7) is 6.03. The van der Waals surface area contributed by atoms with Crippen LogP contribution < -0.4 is 15.4 Å². The van der Waals surface area contributed by atoms with Gasteiger partial charge in [0.25, 0.3) is 0 Å². The van der Waals surface area contributed by atoms with E-state index in [2.05, 4.69) is 55.6 Å². The maximum atomic E-state index is 12.4. The van der Waals surface area contributed by atoms with Crippen LogP contribution in [-0.2, 0) is 13.1 Å².